The molecule has 1 aliphatic rings. The van der Waals surface area contributed by atoms with E-state index in [0.29, 0.717) is 19.6 Å². The molecule has 1 aliphatic heterocycles. The number of halogens is 1. The van der Waals surface area contributed by atoms with Gasteiger partial charge in [-0.2, -0.15) is 4.31 Å². The molecule has 1 atom stereocenters. The van der Waals surface area contributed by atoms with Crippen molar-refractivity contribution in [2.75, 3.05) is 32.7 Å². The molecule has 0 bridgehead atoms. The fourth-order valence-corrected chi connectivity index (χ4v) is 5.78. The maximum absolute atomic E-state index is 14.5. The summed E-state index contributed by atoms with van der Waals surface area (Å²) in [6.45, 7) is 6.89. The first-order valence-corrected chi connectivity index (χ1v) is 12.7. The van der Waals surface area contributed by atoms with Crippen LogP contribution in [0.5, 0.6) is 0 Å². The molecule has 2 aromatic carbocycles. The van der Waals surface area contributed by atoms with E-state index in [-0.39, 0.29) is 11.6 Å². The zero-order chi connectivity index (χ0) is 23.1. The van der Waals surface area contributed by atoms with Gasteiger partial charge in [-0.3, -0.25) is 9.69 Å². The molecule has 3 rings (SSSR count). The van der Waals surface area contributed by atoms with Crippen LogP contribution in [-0.4, -0.2) is 56.3 Å². The van der Waals surface area contributed by atoms with Crippen molar-refractivity contribution in [3.63, 3.8) is 0 Å². The lowest BCUT2D eigenvalue weighted by Crippen LogP contribution is -2.38. The van der Waals surface area contributed by atoms with E-state index in [9.17, 15) is 17.6 Å². The molecule has 1 amide bonds. The normalized spacial score (nSPS) is 16.1. The summed E-state index contributed by atoms with van der Waals surface area (Å²) in [7, 11) is -3.97. The van der Waals surface area contributed by atoms with Crippen molar-refractivity contribution in [2.45, 2.75) is 44.0 Å². The molecular weight excluding hydrogens is 429 g/mol. The summed E-state index contributed by atoms with van der Waals surface area (Å²) < 4.78 is 41.7. The third-order valence-electron chi connectivity index (χ3n) is 6.02. The van der Waals surface area contributed by atoms with E-state index >= 15 is 0 Å². The molecule has 32 heavy (non-hydrogen) atoms. The Balaban J connectivity index is 1.79. The number of amides is 1. The second kappa shape index (κ2) is 11.0. The minimum Gasteiger partial charge on any atom is -0.350 e. The van der Waals surface area contributed by atoms with Crippen LogP contribution in [0.3, 0.4) is 0 Å². The van der Waals surface area contributed by atoms with E-state index in [1.54, 1.807) is 0 Å². The molecule has 0 aliphatic carbocycles. The predicted octanol–water partition coefficient (Wildman–Crippen LogP) is 3.81. The Labute approximate surface area is 190 Å². The molecule has 1 unspecified atom stereocenters. The van der Waals surface area contributed by atoms with Gasteiger partial charge in [-0.15, -0.1) is 0 Å². The Kier molecular flexibility index (Phi) is 8.39. The highest BCUT2D eigenvalue weighted by Crippen LogP contribution is 2.24. The van der Waals surface area contributed by atoms with E-state index < -0.39 is 26.6 Å². The molecule has 8 heteroatoms. The first-order chi connectivity index (χ1) is 15.4. The zero-order valence-electron chi connectivity index (χ0n) is 18.8. The summed E-state index contributed by atoms with van der Waals surface area (Å²) in [5.74, 6) is -1.26. The second-order valence-electron chi connectivity index (χ2n) is 7.97. The van der Waals surface area contributed by atoms with Crippen LogP contribution in [0.15, 0.2) is 53.4 Å². The molecule has 1 N–H and O–H groups in total. The molecule has 2 aromatic rings. The Hall–Kier alpha value is -2.29. The number of carbonyl (C=O) groups is 1. The first-order valence-electron chi connectivity index (χ1n) is 11.2. The van der Waals surface area contributed by atoms with Crippen LogP contribution in [0.1, 0.15) is 55.1 Å². The molecular formula is C24H32FN3O3S. The topological polar surface area (TPSA) is 69.7 Å². The van der Waals surface area contributed by atoms with Gasteiger partial charge in [0.25, 0.3) is 5.91 Å². The third kappa shape index (κ3) is 5.54. The average Bonchev–Trinajstić information content (AvgIpc) is 2.83. The second-order valence-corrected chi connectivity index (χ2v) is 9.87. The molecule has 1 fully saturated rings. The smallest absolute Gasteiger partial charge is 0.251 e. The predicted molar refractivity (Wildman–Crippen MR) is 123 cm³/mol. The number of carbonyl (C=O) groups excluding carboxylic acids is 1. The largest absolute Gasteiger partial charge is 0.350 e. The maximum Gasteiger partial charge on any atom is 0.251 e. The van der Waals surface area contributed by atoms with Crippen molar-refractivity contribution in [3.05, 3.63) is 65.5 Å². The quantitative estimate of drug-likeness (QED) is 0.617. The summed E-state index contributed by atoms with van der Waals surface area (Å²) in [6.07, 6.45) is 2.48. The summed E-state index contributed by atoms with van der Waals surface area (Å²) in [6, 6.07) is 13.4. The highest BCUT2D eigenvalue weighted by molar-refractivity contribution is 7.89. The monoisotopic (exact) mass is 461 g/mol. The Morgan fingerprint density at radius 2 is 1.72 bits per heavy atom. The number of likely N-dealkylation sites (N-methyl/N-ethyl adjacent to an activating group) is 1. The maximum atomic E-state index is 14.5. The molecule has 1 heterocycles. The van der Waals surface area contributed by atoms with Crippen LogP contribution >= 0.6 is 0 Å². The van der Waals surface area contributed by atoms with Crippen LogP contribution in [0.2, 0.25) is 0 Å². The lowest BCUT2D eigenvalue weighted by molar-refractivity contribution is 0.0934. The van der Waals surface area contributed by atoms with Crippen LogP contribution < -0.4 is 5.32 Å². The Bertz CT molecular complexity index is 1000. The SMILES string of the molecule is CCN(CC)C(CNC(=O)c1ccc(F)c(S(=O)(=O)N2CCCCC2)c1)c1ccccc1. The molecule has 6 nitrogen and oxygen atoms in total. The van der Waals surface area contributed by atoms with Crippen molar-refractivity contribution < 1.29 is 17.6 Å². The van der Waals surface area contributed by atoms with Gasteiger partial charge < -0.3 is 5.32 Å². The average molecular weight is 462 g/mol. The highest BCUT2D eigenvalue weighted by Gasteiger charge is 2.29. The van der Waals surface area contributed by atoms with Gasteiger partial charge in [0.05, 0.1) is 6.04 Å². The number of sulfonamides is 1. The highest BCUT2D eigenvalue weighted by atomic mass is 32.2. The van der Waals surface area contributed by atoms with Gasteiger partial charge in [0.1, 0.15) is 10.7 Å². The van der Waals surface area contributed by atoms with Crippen molar-refractivity contribution in [3.8, 4) is 0 Å². The van der Waals surface area contributed by atoms with Gasteiger partial charge in [-0.1, -0.05) is 50.6 Å². The van der Waals surface area contributed by atoms with Gasteiger partial charge in [-0.25, -0.2) is 12.8 Å². The fraction of sp³-hybridized carbons (Fsp3) is 0.458. The van der Waals surface area contributed by atoms with Crippen molar-refractivity contribution >= 4 is 15.9 Å². The number of benzene rings is 2. The zero-order valence-corrected chi connectivity index (χ0v) is 19.6. The van der Waals surface area contributed by atoms with Crippen LogP contribution in [-0.2, 0) is 10.0 Å². The number of nitrogens with one attached hydrogen (secondary N) is 1. The summed E-state index contributed by atoms with van der Waals surface area (Å²) >= 11 is 0. The van der Waals surface area contributed by atoms with E-state index in [4.69, 9.17) is 0 Å². The van der Waals surface area contributed by atoms with Gasteiger partial charge in [-0.05, 0) is 49.7 Å². The van der Waals surface area contributed by atoms with E-state index in [1.165, 1.54) is 10.4 Å². The number of hydrogen-bond donors (Lipinski definition) is 1. The standard InChI is InChI=1S/C24H32FN3O3S/c1-3-27(4-2)22(19-11-7-5-8-12-19)18-26-24(29)20-13-14-21(25)23(17-20)32(30,31)28-15-9-6-10-16-28/h5,7-8,11-14,17,22H,3-4,6,9-10,15-16,18H2,1-2H3,(H,26,29). The molecule has 0 radical (unpaired) electrons. The fourth-order valence-electron chi connectivity index (χ4n) is 4.18. The van der Waals surface area contributed by atoms with Gasteiger partial charge in [0, 0.05) is 25.2 Å². The van der Waals surface area contributed by atoms with Crippen LogP contribution in [0.4, 0.5) is 4.39 Å². The Morgan fingerprint density at radius 3 is 2.34 bits per heavy atom. The van der Waals surface area contributed by atoms with Crippen molar-refractivity contribution in [1.29, 1.82) is 0 Å². The molecule has 174 valence electrons. The summed E-state index contributed by atoms with van der Waals surface area (Å²) in [4.78, 5) is 14.7. The minimum atomic E-state index is -3.97. The van der Waals surface area contributed by atoms with Crippen molar-refractivity contribution in [1.82, 2.24) is 14.5 Å². The van der Waals surface area contributed by atoms with Gasteiger partial charge >= 0.3 is 0 Å². The van der Waals surface area contributed by atoms with E-state index in [1.807, 2.05) is 30.3 Å². The van der Waals surface area contributed by atoms with Crippen molar-refractivity contribution in [2.24, 2.45) is 0 Å². The number of piperidine rings is 1. The lowest BCUT2D eigenvalue weighted by Gasteiger charge is -2.30. The van der Waals surface area contributed by atoms with Gasteiger partial charge in [0.15, 0.2) is 0 Å². The molecule has 0 aromatic heterocycles. The molecule has 0 spiro atoms. The number of rotatable bonds is 9. The minimum absolute atomic E-state index is 0.0212. The third-order valence-corrected chi connectivity index (χ3v) is 7.93. The molecule has 0 saturated carbocycles. The number of hydrogen-bond acceptors (Lipinski definition) is 4. The van der Waals surface area contributed by atoms with Crippen LogP contribution in [0, 0.1) is 5.82 Å². The van der Waals surface area contributed by atoms with Crippen LogP contribution in [0.25, 0.3) is 0 Å². The van der Waals surface area contributed by atoms with E-state index in [0.717, 1.165) is 50.0 Å². The first kappa shape index (κ1) is 24.4. The Morgan fingerprint density at radius 1 is 1.06 bits per heavy atom. The summed E-state index contributed by atoms with van der Waals surface area (Å²) in [5, 5.41) is 2.91. The van der Waals surface area contributed by atoms with E-state index in [2.05, 4.69) is 24.1 Å². The van der Waals surface area contributed by atoms with Gasteiger partial charge in [0.2, 0.25) is 10.0 Å². The summed E-state index contributed by atoms with van der Waals surface area (Å²) in [5.41, 5.74) is 1.22. The lowest BCUT2D eigenvalue weighted by atomic mass is 10.0. The molecule has 1 saturated heterocycles. The number of nitrogens with zero attached hydrogens (tertiary/aromatic N) is 2.